The van der Waals surface area contributed by atoms with Crippen molar-refractivity contribution in [3.63, 3.8) is 0 Å². The zero-order valence-electron chi connectivity index (χ0n) is 24.8. The van der Waals surface area contributed by atoms with Crippen LogP contribution >= 0.6 is 17.2 Å². The molecule has 0 unspecified atom stereocenters. The van der Waals surface area contributed by atoms with Crippen molar-refractivity contribution in [1.29, 1.82) is 0 Å². The molecule has 0 N–H and O–H groups in total. The molecule has 0 nitrogen and oxygen atoms in total. The van der Waals surface area contributed by atoms with Crippen molar-refractivity contribution in [3.05, 3.63) is 119 Å². The van der Waals surface area contributed by atoms with Gasteiger partial charge in [0.1, 0.15) is 0 Å². The first kappa shape index (κ1) is 28.6. The van der Waals surface area contributed by atoms with Crippen molar-refractivity contribution in [2.75, 3.05) is 0 Å². The van der Waals surface area contributed by atoms with Crippen molar-refractivity contribution < 1.29 is 15.7 Å². The van der Waals surface area contributed by atoms with Gasteiger partial charge < -0.3 is 0 Å². The van der Waals surface area contributed by atoms with E-state index >= 15 is 0 Å². The molecule has 0 radical (unpaired) electrons. The summed E-state index contributed by atoms with van der Waals surface area (Å²) in [6, 6.07) is 25.2. The molecule has 1 fully saturated rings. The van der Waals surface area contributed by atoms with Crippen LogP contribution in [0.2, 0.25) is 3.67 Å². The van der Waals surface area contributed by atoms with Gasteiger partial charge in [0.25, 0.3) is 0 Å². The van der Waals surface area contributed by atoms with Gasteiger partial charge in [-0.3, -0.25) is 0 Å². The third-order valence-corrected chi connectivity index (χ3v) is 38.8. The van der Waals surface area contributed by atoms with Gasteiger partial charge in [0.15, 0.2) is 0 Å². The van der Waals surface area contributed by atoms with E-state index < -0.39 is 15.7 Å². The SMILES string of the molecule is CC(C)(C)c1ccc2c(c1)[CH]([Hf]([Cl])([Cl])(=[C](c1ccccc1)C1CCC1)[CH]1C=CC=C1)c1cc(C(C)(C)C)ccc1-2. The Bertz CT molecular complexity index is 1520. The Labute approximate surface area is 249 Å². The van der Waals surface area contributed by atoms with Crippen LogP contribution in [0.25, 0.3) is 11.1 Å². The van der Waals surface area contributed by atoms with Gasteiger partial charge in [-0.05, 0) is 0 Å². The Hall–Kier alpha value is -1.54. The van der Waals surface area contributed by atoms with E-state index in [0.29, 0.717) is 5.92 Å². The zero-order chi connectivity index (χ0) is 28.5. The summed E-state index contributed by atoms with van der Waals surface area (Å²) in [7, 11) is 17.3. The molecular formula is C37H42Cl2Hf. The molecule has 3 heteroatoms. The van der Waals surface area contributed by atoms with Crippen LogP contribution in [0.1, 0.15) is 92.3 Å². The summed E-state index contributed by atoms with van der Waals surface area (Å²) in [6.07, 6.45) is 12.6. The van der Waals surface area contributed by atoms with E-state index in [1.165, 1.54) is 61.5 Å². The van der Waals surface area contributed by atoms with Crippen LogP contribution in [0.4, 0.5) is 0 Å². The van der Waals surface area contributed by atoms with Gasteiger partial charge >= 0.3 is 251 Å². The van der Waals surface area contributed by atoms with E-state index in [-0.39, 0.29) is 18.2 Å². The van der Waals surface area contributed by atoms with E-state index in [9.17, 15) is 0 Å². The third kappa shape index (κ3) is 4.45. The molecule has 1 saturated carbocycles. The van der Waals surface area contributed by atoms with Crippen molar-refractivity contribution in [2.24, 2.45) is 5.92 Å². The molecule has 0 bridgehead atoms. The Kier molecular flexibility index (Phi) is 6.97. The number of halogens is 2. The molecule has 3 aromatic carbocycles. The predicted octanol–water partition coefficient (Wildman–Crippen LogP) is 11.3. The van der Waals surface area contributed by atoms with Crippen molar-refractivity contribution >= 4 is 20.4 Å². The second-order valence-electron chi connectivity index (χ2n) is 14.4. The van der Waals surface area contributed by atoms with E-state index in [2.05, 4.69) is 133 Å². The summed E-state index contributed by atoms with van der Waals surface area (Å²) >= 11 is -5.25. The summed E-state index contributed by atoms with van der Waals surface area (Å²) in [5.74, 6) is 0.444. The predicted molar refractivity (Wildman–Crippen MR) is 173 cm³/mol. The van der Waals surface area contributed by atoms with Crippen LogP contribution in [-0.4, -0.2) is 3.26 Å². The fourth-order valence-electron chi connectivity index (χ4n) is 7.29. The van der Waals surface area contributed by atoms with Gasteiger partial charge in [0.05, 0.1) is 0 Å². The number of hydrogen-bond donors (Lipinski definition) is 0. The number of fused-ring (bicyclic) bond motifs is 3. The van der Waals surface area contributed by atoms with Crippen LogP contribution in [0, 0.1) is 5.92 Å². The first-order chi connectivity index (χ1) is 18.8. The van der Waals surface area contributed by atoms with Crippen LogP contribution < -0.4 is 0 Å². The molecule has 0 atom stereocenters. The number of benzene rings is 3. The van der Waals surface area contributed by atoms with Gasteiger partial charge in [-0.2, -0.15) is 0 Å². The fraction of sp³-hybridized carbons (Fsp3) is 0.378. The fourth-order valence-corrected chi connectivity index (χ4v) is 37.2. The molecule has 0 saturated heterocycles. The normalized spacial score (nSPS) is 18.1. The second-order valence-corrected chi connectivity index (χ2v) is 44.0. The van der Waals surface area contributed by atoms with Crippen LogP contribution in [0.3, 0.4) is 0 Å². The van der Waals surface area contributed by atoms with Gasteiger partial charge in [0, 0.05) is 0 Å². The minimum atomic E-state index is -5.25. The first-order valence-electron chi connectivity index (χ1n) is 14.9. The molecule has 3 aliphatic carbocycles. The van der Waals surface area contributed by atoms with E-state index in [1.54, 1.807) is 0 Å². The molecule has 0 spiro atoms. The maximum atomic E-state index is 8.65. The Morgan fingerprint density at radius 2 is 1.20 bits per heavy atom. The van der Waals surface area contributed by atoms with Crippen molar-refractivity contribution in [2.45, 2.75) is 79.0 Å². The zero-order valence-corrected chi connectivity index (χ0v) is 29.9. The first-order valence-corrected chi connectivity index (χ1v) is 29.8. The Morgan fingerprint density at radius 1 is 0.700 bits per heavy atom. The monoisotopic (exact) mass is 736 g/mol. The minimum absolute atomic E-state index is 0.0110. The van der Waals surface area contributed by atoms with Gasteiger partial charge in [-0.25, -0.2) is 0 Å². The van der Waals surface area contributed by atoms with Crippen molar-refractivity contribution in [1.82, 2.24) is 0 Å². The summed E-state index contributed by atoms with van der Waals surface area (Å²) in [6.45, 7) is 13.8. The van der Waals surface area contributed by atoms with Crippen molar-refractivity contribution in [3.8, 4) is 11.1 Å². The van der Waals surface area contributed by atoms with E-state index in [1.807, 2.05) is 0 Å². The second kappa shape index (κ2) is 9.75. The molecule has 0 amide bonds. The third-order valence-electron chi connectivity index (χ3n) is 9.75. The van der Waals surface area contributed by atoms with Gasteiger partial charge in [0.2, 0.25) is 0 Å². The topological polar surface area (TPSA) is 0 Å². The number of hydrogen-bond acceptors (Lipinski definition) is 0. The summed E-state index contributed by atoms with van der Waals surface area (Å²) in [5.41, 5.74) is 9.31. The molecule has 40 heavy (non-hydrogen) atoms. The Balaban J connectivity index is 1.78. The molecular weight excluding hydrogens is 694 g/mol. The summed E-state index contributed by atoms with van der Waals surface area (Å²) < 4.78 is 1.44. The van der Waals surface area contributed by atoms with Crippen LogP contribution in [-0.2, 0) is 26.5 Å². The average molecular weight is 736 g/mol. The Morgan fingerprint density at radius 3 is 1.62 bits per heavy atom. The molecule has 0 heterocycles. The molecule has 6 rings (SSSR count). The molecule has 208 valence electrons. The summed E-state index contributed by atoms with van der Waals surface area (Å²) in [5, 5.41) is 0. The van der Waals surface area contributed by atoms with Crippen LogP contribution in [0.5, 0.6) is 0 Å². The number of rotatable bonds is 4. The van der Waals surface area contributed by atoms with Gasteiger partial charge in [-0.15, -0.1) is 0 Å². The van der Waals surface area contributed by atoms with E-state index in [0.717, 1.165) is 0 Å². The average Bonchev–Trinajstić information content (AvgIpc) is 3.52. The standard InChI is InChI=1S/C21H25.C11H12.C5H5.2ClH.Hf/c1-20(2,3)16-7-9-18-14(12-16)11-15-13-17(21(4,5)6)8-10-19(15)18;1-2-5-10(6-3-1)9-11-7-4-8-11;1-2-4-5-3-1;;;/h7-13H,1-6H3;1-3,5-6,11H,4,7-8H2;1-5H;2*1H;/q;;;;;+2/p-2. The van der Waals surface area contributed by atoms with Gasteiger partial charge in [-0.1, -0.05) is 0 Å². The summed E-state index contributed by atoms with van der Waals surface area (Å²) in [4.78, 5) is 0. The van der Waals surface area contributed by atoms with Crippen LogP contribution in [0.15, 0.2) is 91.0 Å². The maximum absolute atomic E-state index is 8.65. The molecule has 3 aromatic rings. The quantitative estimate of drug-likeness (QED) is 0.234. The molecule has 3 aliphatic rings. The number of allylic oxidation sites excluding steroid dienone is 4. The molecule has 0 aliphatic heterocycles. The van der Waals surface area contributed by atoms with E-state index in [4.69, 9.17) is 17.2 Å². The molecule has 0 aromatic heterocycles.